The molecule has 1 aliphatic heterocycles. The summed E-state index contributed by atoms with van der Waals surface area (Å²) in [6.07, 6.45) is -2.17. The maximum Gasteiger partial charge on any atom is 0.411 e. The minimum atomic E-state index is -1.21. The molecule has 0 radical (unpaired) electrons. The van der Waals surface area contributed by atoms with Gasteiger partial charge in [0.2, 0.25) is 0 Å². The Morgan fingerprint density at radius 1 is 1.15 bits per heavy atom. The highest BCUT2D eigenvalue weighted by atomic mass is 19.1. The summed E-state index contributed by atoms with van der Waals surface area (Å²) in [4.78, 5) is 14.9. The molecule has 2 aromatic rings. The minimum Gasteiger partial charge on any atom is -0.489 e. The number of nitrogens with two attached hydrogens (primary N) is 1. The molecule has 2 unspecified atom stereocenters. The molecule has 1 amide bonds. The Morgan fingerprint density at radius 3 is 2.45 bits per heavy atom. The molecular weight excluding hydrogens is 515 g/mol. The summed E-state index contributed by atoms with van der Waals surface area (Å²) in [6.45, 7) is 14.3. The number of ether oxygens (including phenoxy) is 4. The molecular formula is C31H45FN2O6. The van der Waals surface area contributed by atoms with Crippen molar-refractivity contribution in [2.45, 2.75) is 97.6 Å². The summed E-state index contributed by atoms with van der Waals surface area (Å²) in [6, 6.07) is 11.8. The molecule has 0 spiro atoms. The topological polar surface area (TPSA) is 103 Å². The first-order chi connectivity index (χ1) is 18.6. The molecule has 222 valence electrons. The van der Waals surface area contributed by atoms with Crippen molar-refractivity contribution in [3.63, 3.8) is 0 Å². The number of aliphatic hydroxyl groups is 1. The van der Waals surface area contributed by atoms with Gasteiger partial charge in [0.15, 0.2) is 6.29 Å². The number of aliphatic hydroxyl groups excluding tert-OH is 1. The molecule has 1 aliphatic rings. The van der Waals surface area contributed by atoms with E-state index in [0.29, 0.717) is 6.61 Å². The van der Waals surface area contributed by atoms with Crippen LogP contribution in [0.1, 0.15) is 72.1 Å². The van der Waals surface area contributed by atoms with Crippen LogP contribution >= 0.6 is 0 Å². The quantitative estimate of drug-likeness (QED) is 0.413. The van der Waals surface area contributed by atoms with E-state index in [0.717, 1.165) is 5.56 Å². The van der Waals surface area contributed by atoms with Crippen molar-refractivity contribution in [3.8, 4) is 5.75 Å². The summed E-state index contributed by atoms with van der Waals surface area (Å²) in [5.41, 5.74) is 6.88. The fourth-order valence-electron chi connectivity index (χ4n) is 4.49. The molecule has 0 aliphatic carbocycles. The van der Waals surface area contributed by atoms with E-state index >= 15 is 0 Å². The summed E-state index contributed by atoms with van der Waals surface area (Å²) >= 11 is 0. The predicted molar refractivity (Wildman–Crippen MR) is 151 cm³/mol. The van der Waals surface area contributed by atoms with Gasteiger partial charge in [0.1, 0.15) is 23.8 Å². The first-order valence-corrected chi connectivity index (χ1v) is 13.8. The second-order valence-corrected chi connectivity index (χ2v) is 12.7. The van der Waals surface area contributed by atoms with Gasteiger partial charge in [-0.05, 0) is 62.8 Å². The van der Waals surface area contributed by atoms with Crippen molar-refractivity contribution < 1.29 is 33.2 Å². The van der Waals surface area contributed by atoms with Gasteiger partial charge in [-0.1, -0.05) is 51.1 Å². The minimum absolute atomic E-state index is 0.0856. The van der Waals surface area contributed by atoms with Crippen LogP contribution in [0.2, 0.25) is 0 Å². The van der Waals surface area contributed by atoms with Crippen LogP contribution in [0.15, 0.2) is 48.5 Å². The highest BCUT2D eigenvalue weighted by molar-refractivity contribution is 5.69. The van der Waals surface area contributed by atoms with Crippen molar-refractivity contribution >= 4 is 6.09 Å². The molecule has 3 rings (SSSR count). The van der Waals surface area contributed by atoms with Crippen LogP contribution in [0.25, 0.3) is 0 Å². The van der Waals surface area contributed by atoms with Gasteiger partial charge in [-0.25, -0.2) is 9.18 Å². The molecule has 1 saturated heterocycles. The third-order valence-electron chi connectivity index (χ3n) is 6.40. The molecule has 8 nitrogen and oxygen atoms in total. The fourth-order valence-corrected chi connectivity index (χ4v) is 4.49. The Bertz CT molecular complexity index is 1100. The molecule has 9 heteroatoms. The highest BCUT2D eigenvalue weighted by Crippen LogP contribution is 2.30. The fraction of sp³-hybridized carbons (Fsp3) is 0.581. The van der Waals surface area contributed by atoms with E-state index in [4.69, 9.17) is 24.7 Å². The number of amides is 1. The third kappa shape index (κ3) is 9.44. The van der Waals surface area contributed by atoms with E-state index in [1.807, 2.05) is 37.3 Å². The number of halogens is 1. The Balaban J connectivity index is 1.74. The molecule has 3 N–H and O–H groups in total. The zero-order chi connectivity index (χ0) is 29.7. The number of rotatable bonds is 9. The summed E-state index contributed by atoms with van der Waals surface area (Å²) < 4.78 is 38.0. The van der Waals surface area contributed by atoms with Crippen molar-refractivity contribution in [2.75, 3.05) is 13.2 Å². The average Bonchev–Trinajstić information content (AvgIpc) is 2.85. The molecule has 0 aromatic heterocycles. The predicted octanol–water partition coefficient (Wildman–Crippen LogP) is 5.57. The van der Waals surface area contributed by atoms with E-state index in [-0.39, 0.29) is 36.4 Å². The van der Waals surface area contributed by atoms with Crippen LogP contribution < -0.4 is 10.5 Å². The summed E-state index contributed by atoms with van der Waals surface area (Å²) in [5, 5.41) is 11.1. The number of nitrogens with zero attached hydrogens (tertiary/aromatic N) is 1. The SMILES string of the molecule is C[C@H]1[C@H](OCC(C)(C)C)OC[C@@H](CC(N)C(O)c2cc(F)cc(OCc3ccccc3)c2)N1C(=O)OC(C)(C)C. The van der Waals surface area contributed by atoms with Crippen LogP contribution in [-0.2, 0) is 20.8 Å². The van der Waals surface area contributed by atoms with Crippen molar-refractivity contribution in [2.24, 2.45) is 11.1 Å². The summed E-state index contributed by atoms with van der Waals surface area (Å²) in [5.74, 6) is -0.260. The van der Waals surface area contributed by atoms with Gasteiger partial charge in [-0.3, -0.25) is 4.90 Å². The first-order valence-electron chi connectivity index (χ1n) is 13.8. The van der Waals surface area contributed by atoms with Crippen LogP contribution in [0.5, 0.6) is 5.75 Å². The molecule has 5 atom stereocenters. The number of carbonyl (C=O) groups excluding carboxylic acids is 1. The maximum atomic E-state index is 14.5. The number of hydrogen-bond acceptors (Lipinski definition) is 7. The number of morpholine rings is 1. The molecule has 40 heavy (non-hydrogen) atoms. The van der Waals surface area contributed by atoms with Crippen molar-refractivity contribution in [1.82, 2.24) is 4.90 Å². The van der Waals surface area contributed by atoms with E-state index in [1.165, 1.54) is 12.1 Å². The second kappa shape index (κ2) is 13.3. The monoisotopic (exact) mass is 560 g/mol. The normalized spacial score (nSPS) is 21.6. The zero-order valence-corrected chi connectivity index (χ0v) is 24.7. The number of hydrogen-bond donors (Lipinski definition) is 2. The summed E-state index contributed by atoms with van der Waals surface area (Å²) in [7, 11) is 0. The van der Waals surface area contributed by atoms with Crippen molar-refractivity contribution in [1.29, 1.82) is 0 Å². The van der Waals surface area contributed by atoms with Gasteiger partial charge < -0.3 is 29.8 Å². The molecule has 2 aromatic carbocycles. The van der Waals surface area contributed by atoms with Gasteiger partial charge >= 0.3 is 6.09 Å². The van der Waals surface area contributed by atoms with E-state index in [9.17, 15) is 14.3 Å². The Labute approximate surface area is 237 Å². The van der Waals surface area contributed by atoms with Crippen LogP contribution in [0.3, 0.4) is 0 Å². The van der Waals surface area contributed by atoms with E-state index in [1.54, 1.807) is 31.7 Å². The molecule has 0 bridgehead atoms. The van der Waals surface area contributed by atoms with Crippen LogP contribution in [0, 0.1) is 11.2 Å². The standard InChI is InChI=1S/C31H45FN2O6/c1-20-28(39-19-30(2,3)4)38-18-24(34(20)29(36)40-31(5,6)7)16-26(33)27(35)22-13-23(32)15-25(14-22)37-17-21-11-9-8-10-12-21/h8-15,20,24,26-28,35H,16-19,33H2,1-7H3/t20-,24+,26?,27?,28-/m0/s1. The lowest BCUT2D eigenvalue weighted by Gasteiger charge is -2.45. The third-order valence-corrected chi connectivity index (χ3v) is 6.40. The van der Waals surface area contributed by atoms with Crippen LogP contribution in [0.4, 0.5) is 9.18 Å². The highest BCUT2D eigenvalue weighted by Gasteiger charge is 2.42. The van der Waals surface area contributed by atoms with Crippen LogP contribution in [-0.4, -0.2) is 59.3 Å². The largest absolute Gasteiger partial charge is 0.489 e. The van der Waals surface area contributed by atoms with Gasteiger partial charge in [-0.15, -0.1) is 0 Å². The maximum absolute atomic E-state index is 14.5. The Hall–Kier alpha value is -2.72. The molecule has 1 heterocycles. The Kier molecular flexibility index (Phi) is 10.6. The van der Waals surface area contributed by atoms with Gasteiger partial charge in [-0.2, -0.15) is 0 Å². The lowest BCUT2D eigenvalue weighted by atomic mass is 9.95. The average molecular weight is 561 g/mol. The van der Waals surface area contributed by atoms with Gasteiger partial charge in [0, 0.05) is 12.1 Å². The Morgan fingerprint density at radius 2 is 1.82 bits per heavy atom. The van der Waals surface area contributed by atoms with Crippen molar-refractivity contribution in [3.05, 3.63) is 65.5 Å². The molecule has 1 fully saturated rings. The van der Waals surface area contributed by atoms with E-state index in [2.05, 4.69) is 20.8 Å². The van der Waals surface area contributed by atoms with E-state index < -0.39 is 48.0 Å². The lowest BCUT2D eigenvalue weighted by molar-refractivity contribution is -0.224. The smallest absolute Gasteiger partial charge is 0.411 e. The van der Waals surface area contributed by atoms with Gasteiger partial charge in [0.25, 0.3) is 0 Å². The lowest BCUT2D eigenvalue weighted by Crippen LogP contribution is -2.60. The zero-order valence-electron chi connectivity index (χ0n) is 24.7. The molecule has 0 saturated carbocycles. The first kappa shape index (κ1) is 31.8. The second-order valence-electron chi connectivity index (χ2n) is 12.7. The van der Waals surface area contributed by atoms with Gasteiger partial charge in [0.05, 0.1) is 31.4 Å². The number of benzene rings is 2. The number of carbonyl (C=O) groups is 1.